The van der Waals surface area contributed by atoms with E-state index in [1.807, 2.05) is 4.90 Å². The molecule has 0 aliphatic carbocycles. The summed E-state index contributed by atoms with van der Waals surface area (Å²) in [5, 5.41) is 3.37. The van der Waals surface area contributed by atoms with E-state index in [1.54, 1.807) is 0 Å². The zero-order chi connectivity index (χ0) is 15.0. The topological polar surface area (TPSA) is 32.3 Å². The molecule has 1 aromatic carbocycles. The molecule has 114 valence electrons. The first-order valence-electron chi connectivity index (χ1n) is 7.54. The molecule has 1 N–H and O–H groups in total. The van der Waals surface area contributed by atoms with E-state index in [0.29, 0.717) is 11.8 Å². The monoisotopic (exact) mass is 294 g/mol. The van der Waals surface area contributed by atoms with Gasteiger partial charge in [-0.3, -0.25) is 4.79 Å². The van der Waals surface area contributed by atoms with Crippen molar-refractivity contribution in [3.63, 3.8) is 0 Å². The standard InChI is InChI=1S/C16H20F2N2O/c1-2-15-13-8-19-7-11(13)9-20(15)16(21)5-10-3-4-12(17)6-14(10)18/h3-4,6,11,13,15,19H,2,5,7-9H2,1H3. The largest absolute Gasteiger partial charge is 0.339 e. The van der Waals surface area contributed by atoms with Crippen LogP contribution in [0.1, 0.15) is 18.9 Å². The Hall–Kier alpha value is -1.49. The van der Waals surface area contributed by atoms with Crippen LogP contribution in [0.5, 0.6) is 0 Å². The second kappa shape index (κ2) is 5.72. The van der Waals surface area contributed by atoms with Crippen molar-refractivity contribution in [3.05, 3.63) is 35.4 Å². The van der Waals surface area contributed by atoms with Gasteiger partial charge in [0.1, 0.15) is 11.6 Å². The average molecular weight is 294 g/mol. The Kier molecular flexibility index (Phi) is 3.93. The Balaban J connectivity index is 1.73. The summed E-state index contributed by atoms with van der Waals surface area (Å²) in [5.74, 6) is -0.287. The summed E-state index contributed by atoms with van der Waals surface area (Å²) in [5.41, 5.74) is 0.270. The number of hydrogen-bond acceptors (Lipinski definition) is 2. The minimum absolute atomic E-state index is 0.00941. The van der Waals surface area contributed by atoms with E-state index in [0.717, 1.165) is 32.1 Å². The maximum Gasteiger partial charge on any atom is 0.227 e. The van der Waals surface area contributed by atoms with E-state index in [9.17, 15) is 13.6 Å². The molecule has 3 atom stereocenters. The number of halogens is 2. The van der Waals surface area contributed by atoms with Crippen LogP contribution in [0.3, 0.4) is 0 Å². The second-order valence-corrected chi connectivity index (χ2v) is 6.02. The van der Waals surface area contributed by atoms with Gasteiger partial charge in [0.25, 0.3) is 0 Å². The van der Waals surface area contributed by atoms with Crippen LogP contribution in [-0.4, -0.2) is 36.5 Å². The van der Waals surface area contributed by atoms with E-state index in [1.165, 1.54) is 12.1 Å². The molecule has 0 bridgehead atoms. The first-order chi connectivity index (χ1) is 10.1. The summed E-state index contributed by atoms with van der Waals surface area (Å²) in [7, 11) is 0. The van der Waals surface area contributed by atoms with Gasteiger partial charge in [-0.25, -0.2) is 8.78 Å². The highest BCUT2D eigenvalue weighted by Gasteiger charge is 2.44. The molecule has 3 unspecified atom stereocenters. The van der Waals surface area contributed by atoms with Gasteiger partial charge in [0.05, 0.1) is 6.42 Å². The van der Waals surface area contributed by atoms with Crippen LogP contribution in [0.4, 0.5) is 8.78 Å². The fraction of sp³-hybridized carbons (Fsp3) is 0.562. The van der Waals surface area contributed by atoms with Crippen molar-refractivity contribution in [3.8, 4) is 0 Å². The Morgan fingerprint density at radius 3 is 2.90 bits per heavy atom. The SMILES string of the molecule is CCC1C2CNCC2CN1C(=O)Cc1ccc(F)cc1F. The summed E-state index contributed by atoms with van der Waals surface area (Å²) in [4.78, 5) is 14.4. The molecule has 0 spiro atoms. The lowest BCUT2D eigenvalue weighted by Gasteiger charge is -2.27. The highest BCUT2D eigenvalue weighted by molar-refractivity contribution is 5.79. The van der Waals surface area contributed by atoms with E-state index < -0.39 is 11.6 Å². The van der Waals surface area contributed by atoms with Gasteiger partial charge < -0.3 is 10.2 Å². The van der Waals surface area contributed by atoms with Gasteiger partial charge in [0, 0.05) is 31.7 Å². The molecular weight excluding hydrogens is 274 g/mol. The summed E-state index contributed by atoms with van der Waals surface area (Å²) < 4.78 is 26.6. The maximum atomic E-state index is 13.7. The zero-order valence-electron chi connectivity index (χ0n) is 12.1. The van der Waals surface area contributed by atoms with E-state index in [-0.39, 0.29) is 23.9 Å². The van der Waals surface area contributed by atoms with Crippen molar-refractivity contribution in [1.29, 1.82) is 0 Å². The molecule has 1 aromatic rings. The van der Waals surface area contributed by atoms with Crippen LogP contribution in [0.25, 0.3) is 0 Å². The molecule has 3 rings (SSSR count). The molecule has 5 heteroatoms. The lowest BCUT2D eigenvalue weighted by molar-refractivity contribution is -0.131. The number of nitrogens with zero attached hydrogens (tertiary/aromatic N) is 1. The fourth-order valence-corrected chi connectivity index (χ4v) is 3.76. The minimum atomic E-state index is -0.641. The molecule has 0 radical (unpaired) electrons. The molecule has 1 amide bonds. The second-order valence-electron chi connectivity index (χ2n) is 6.02. The molecule has 2 aliphatic heterocycles. The fourth-order valence-electron chi connectivity index (χ4n) is 3.76. The molecule has 2 heterocycles. The smallest absolute Gasteiger partial charge is 0.227 e. The molecule has 2 saturated heterocycles. The van der Waals surface area contributed by atoms with Crippen molar-refractivity contribution in [1.82, 2.24) is 10.2 Å². The Labute approximate surface area is 123 Å². The van der Waals surface area contributed by atoms with Crippen LogP contribution in [0.15, 0.2) is 18.2 Å². The van der Waals surface area contributed by atoms with Gasteiger partial charge in [0.15, 0.2) is 0 Å². The molecule has 0 aromatic heterocycles. The van der Waals surface area contributed by atoms with Gasteiger partial charge in [-0.05, 0) is 29.9 Å². The highest BCUT2D eigenvalue weighted by atomic mass is 19.1. The number of likely N-dealkylation sites (tertiary alicyclic amines) is 1. The third-order valence-corrected chi connectivity index (χ3v) is 4.81. The van der Waals surface area contributed by atoms with Crippen molar-refractivity contribution in [2.45, 2.75) is 25.8 Å². The van der Waals surface area contributed by atoms with Gasteiger partial charge in [0.2, 0.25) is 5.91 Å². The number of carbonyl (C=O) groups is 1. The minimum Gasteiger partial charge on any atom is -0.339 e. The lowest BCUT2D eigenvalue weighted by Crippen LogP contribution is -2.40. The van der Waals surface area contributed by atoms with E-state index >= 15 is 0 Å². The van der Waals surface area contributed by atoms with Crippen LogP contribution < -0.4 is 5.32 Å². The van der Waals surface area contributed by atoms with Crippen molar-refractivity contribution in [2.24, 2.45) is 11.8 Å². The first kappa shape index (κ1) is 14.4. The van der Waals surface area contributed by atoms with Gasteiger partial charge in [-0.2, -0.15) is 0 Å². The van der Waals surface area contributed by atoms with Crippen LogP contribution in [0, 0.1) is 23.5 Å². The van der Waals surface area contributed by atoms with Gasteiger partial charge in [-0.15, -0.1) is 0 Å². The Morgan fingerprint density at radius 1 is 1.38 bits per heavy atom. The summed E-state index contributed by atoms with van der Waals surface area (Å²) in [6, 6.07) is 3.64. The predicted molar refractivity (Wildman–Crippen MR) is 75.7 cm³/mol. The molecular formula is C16H20F2N2O. The number of rotatable bonds is 3. The van der Waals surface area contributed by atoms with Crippen molar-refractivity contribution in [2.75, 3.05) is 19.6 Å². The van der Waals surface area contributed by atoms with E-state index in [2.05, 4.69) is 12.2 Å². The number of amides is 1. The molecule has 2 aliphatic rings. The summed E-state index contributed by atoms with van der Waals surface area (Å²) >= 11 is 0. The van der Waals surface area contributed by atoms with Crippen molar-refractivity contribution >= 4 is 5.91 Å². The third-order valence-electron chi connectivity index (χ3n) is 4.81. The number of fused-ring (bicyclic) bond motifs is 1. The predicted octanol–water partition coefficient (Wildman–Crippen LogP) is 1.96. The zero-order valence-corrected chi connectivity index (χ0v) is 12.1. The molecule has 0 saturated carbocycles. The summed E-state index contributed by atoms with van der Waals surface area (Å²) in [6.45, 7) is 4.75. The van der Waals surface area contributed by atoms with Crippen molar-refractivity contribution < 1.29 is 13.6 Å². The Morgan fingerprint density at radius 2 is 2.19 bits per heavy atom. The lowest BCUT2D eigenvalue weighted by atomic mass is 9.93. The van der Waals surface area contributed by atoms with Crippen LogP contribution >= 0.6 is 0 Å². The van der Waals surface area contributed by atoms with Gasteiger partial charge in [-0.1, -0.05) is 13.0 Å². The first-order valence-corrected chi connectivity index (χ1v) is 7.54. The van der Waals surface area contributed by atoms with Crippen LogP contribution in [0.2, 0.25) is 0 Å². The Bertz CT molecular complexity index is 549. The number of carbonyl (C=O) groups excluding carboxylic acids is 1. The highest BCUT2D eigenvalue weighted by Crippen LogP contribution is 2.34. The molecule has 2 fully saturated rings. The normalized spacial score (nSPS) is 28.0. The summed E-state index contributed by atoms with van der Waals surface area (Å²) in [6.07, 6.45) is 0.927. The number of nitrogens with one attached hydrogen (secondary N) is 1. The average Bonchev–Trinajstić information content (AvgIpc) is 3.01. The van der Waals surface area contributed by atoms with E-state index in [4.69, 9.17) is 0 Å². The molecule has 3 nitrogen and oxygen atoms in total. The maximum absolute atomic E-state index is 13.7. The number of hydrogen-bond donors (Lipinski definition) is 1. The molecule has 21 heavy (non-hydrogen) atoms. The number of benzene rings is 1. The quantitative estimate of drug-likeness (QED) is 0.924. The van der Waals surface area contributed by atoms with Crippen LogP contribution in [-0.2, 0) is 11.2 Å². The third kappa shape index (κ3) is 2.67. The van der Waals surface area contributed by atoms with Gasteiger partial charge >= 0.3 is 0 Å².